The lowest BCUT2D eigenvalue weighted by Crippen LogP contribution is -2.13. The Morgan fingerprint density at radius 2 is 0.933 bits per heavy atom. The van der Waals surface area contributed by atoms with E-state index < -0.39 is 60.3 Å². The lowest BCUT2D eigenvalue weighted by atomic mass is 10.1. The van der Waals surface area contributed by atoms with Gasteiger partial charge in [0.2, 0.25) is 17.7 Å². The van der Waals surface area contributed by atoms with E-state index in [1.165, 1.54) is 0 Å². The number of primary amides is 3. The first-order chi connectivity index (χ1) is 21.0. The summed E-state index contributed by atoms with van der Waals surface area (Å²) in [5.74, 6) is -3.49. The Kier molecular flexibility index (Phi) is 12.2. The first-order valence-corrected chi connectivity index (χ1v) is 12.9. The van der Waals surface area contributed by atoms with Crippen molar-refractivity contribution < 1.29 is 43.7 Å². The number of ether oxygens (including phenoxy) is 2. The average molecular weight is 690 g/mol. The van der Waals surface area contributed by atoms with E-state index in [9.17, 15) is 44.7 Å². The predicted molar refractivity (Wildman–Crippen MR) is 157 cm³/mol. The largest absolute Gasteiger partial charge is 0.506 e. The van der Waals surface area contributed by atoms with E-state index in [1.54, 1.807) is 0 Å². The molecule has 0 aliphatic heterocycles. The average Bonchev–Trinajstić information content (AvgIpc) is 2.95. The van der Waals surface area contributed by atoms with Crippen molar-refractivity contribution in [1.29, 1.82) is 0 Å². The molecule has 45 heavy (non-hydrogen) atoms. The summed E-state index contributed by atoms with van der Waals surface area (Å²) in [7, 11) is 0. The highest BCUT2D eigenvalue weighted by Crippen LogP contribution is 2.37. The number of aromatic hydroxyl groups is 1. The lowest BCUT2D eigenvalue weighted by Gasteiger charge is -2.11. The second-order valence-corrected chi connectivity index (χ2v) is 9.49. The zero-order valence-corrected chi connectivity index (χ0v) is 24.5. The van der Waals surface area contributed by atoms with Crippen LogP contribution >= 0.6 is 34.8 Å². The maximum Gasteiger partial charge on any atom is 0.292 e. The van der Waals surface area contributed by atoms with Crippen molar-refractivity contribution in [1.82, 2.24) is 0 Å². The second kappa shape index (κ2) is 15.3. The smallest absolute Gasteiger partial charge is 0.292 e. The van der Waals surface area contributed by atoms with Gasteiger partial charge in [-0.25, -0.2) is 0 Å². The van der Waals surface area contributed by atoms with Gasteiger partial charge in [-0.2, -0.15) is 0 Å². The van der Waals surface area contributed by atoms with Gasteiger partial charge in [-0.1, -0.05) is 34.8 Å². The topological polar surface area (TPSA) is 297 Å². The molecule has 0 atom stereocenters. The summed E-state index contributed by atoms with van der Waals surface area (Å²) in [6.45, 7) is -0.122. The summed E-state index contributed by atoms with van der Waals surface area (Å²) in [4.78, 5) is 63.5. The van der Waals surface area contributed by atoms with E-state index in [0.29, 0.717) is 0 Å². The van der Waals surface area contributed by atoms with Crippen molar-refractivity contribution in [2.45, 2.75) is 6.42 Å². The number of amides is 3. The highest BCUT2D eigenvalue weighted by atomic mass is 35.5. The first kappa shape index (κ1) is 35.7. The van der Waals surface area contributed by atoms with Gasteiger partial charge >= 0.3 is 0 Å². The number of hydrogen-bond donors (Lipinski definition) is 4. The van der Waals surface area contributed by atoms with Gasteiger partial charge in [0.1, 0.15) is 17.2 Å². The van der Waals surface area contributed by atoms with Crippen LogP contribution in [0.4, 0.5) is 17.1 Å². The van der Waals surface area contributed by atoms with Gasteiger partial charge in [0.15, 0.2) is 15.1 Å². The van der Waals surface area contributed by atoms with Crippen molar-refractivity contribution in [2.75, 3.05) is 13.2 Å². The highest BCUT2D eigenvalue weighted by Gasteiger charge is 2.23. The van der Waals surface area contributed by atoms with Crippen molar-refractivity contribution in [3.8, 4) is 17.2 Å². The third-order valence-corrected chi connectivity index (χ3v) is 6.47. The third-order valence-electron chi connectivity index (χ3n) is 5.32. The number of carbonyl (C=O) groups is 3. The van der Waals surface area contributed by atoms with Crippen molar-refractivity contribution in [2.24, 2.45) is 17.2 Å². The number of carbonyl (C=O) groups excluding carboxylic acids is 3. The Morgan fingerprint density at radius 3 is 1.24 bits per heavy atom. The van der Waals surface area contributed by atoms with Gasteiger partial charge in [0.05, 0.1) is 28.0 Å². The first-order valence-electron chi connectivity index (χ1n) is 11.7. The zero-order valence-electron chi connectivity index (χ0n) is 22.2. The number of benzene rings is 3. The molecule has 18 nitrogen and oxygen atoms in total. The number of rotatable bonds is 12. The van der Waals surface area contributed by atoms with Gasteiger partial charge in [-0.05, 0) is 18.2 Å². The van der Waals surface area contributed by atoms with Crippen LogP contribution in [0.2, 0.25) is 15.1 Å². The normalized spacial score (nSPS) is 10.2. The van der Waals surface area contributed by atoms with Gasteiger partial charge < -0.3 is 31.8 Å². The molecular formula is C24H19Cl3N6O12. The molecule has 3 amide bonds. The molecule has 0 bridgehead atoms. The summed E-state index contributed by atoms with van der Waals surface area (Å²) in [5.41, 5.74) is 13.0. The molecular weight excluding hydrogens is 671 g/mol. The number of phenols is 1. The van der Waals surface area contributed by atoms with Crippen LogP contribution < -0.4 is 26.7 Å². The molecule has 0 radical (unpaired) electrons. The molecule has 0 heterocycles. The van der Waals surface area contributed by atoms with Crippen molar-refractivity contribution in [3.63, 3.8) is 0 Å². The molecule has 0 aliphatic rings. The van der Waals surface area contributed by atoms with Gasteiger partial charge in [-0.3, -0.25) is 44.7 Å². The maximum atomic E-state index is 11.3. The van der Waals surface area contributed by atoms with Crippen molar-refractivity contribution >= 4 is 69.6 Å². The number of nitrogens with zero attached hydrogens (tertiary/aromatic N) is 3. The summed E-state index contributed by atoms with van der Waals surface area (Å²) in [6.07, 6.45) is 0.176. The minimum Gasteiger partial charge on any atom is -0.506 e. The minimum absolute atomic E-state index is 0.0612. The molecule has 21 heteroatoms. The molecule has 0 aromatic heterocycles. The lowest BCUT2D eigenvalue weighted by molar-refractivity contribution is -0.384. The van der Waals surface area contributed by atoms with E-state index in [1.807, 2.05) is 0 Å². The SMILES string of the molecule is NC(=O)c1cc(O)c(Cl)c([N+](=O)[O-])c1.NC(=O)c1cc(OCCCOc2cc(C(N)=O)cc([N+](=O)[O-])c2Cl)c(Cl)c([N+](=O)[O-])c1. The molecule has 0 unspecified atom stereocenters. The van der Waals surface area contributed by atoms with Crippen LogP contribution in [0.15, 0.2) is 36.4 Å². The Hall–Kier alpha value is -5.46. The fourth-order valence-electron chi connectivity index (χ4n) is 3.22. The number of phenolic OH excluding ortho intramolecular Hbond substituents is 1. The second-order valence-electron chi connectivity index (χ2n) is 8.36. The fraction of sp³-hybridized carbons (Fsp3) is 0.125. The van der Waals surface area contributed by atoms with E-state index in [2.05, 4.69) is 0 Å². The van der Waals surface area contributed by atoms with Crippen LogP contribution in [0.5, 0.6) is 17.2 Å². The molecule has 7 N–H and O–H groups in total. The summed E-state index contributed by atoms with van der Waals surface area (Å²) >= 11 is 17.3. The van der Waals surface area contributed by atoms with Crippen LogP contribution in [0, 0.1) is 30.3 Å². The van der Waals surface area contributed by atoms with Gasteiger partial charge in [0.25, 0.3) is 17.1 Å². The van der Waals surface area contributed by atoms with E-state index >= 15 is 0 Å². The molecule has 0 saturated heterocycles. The number of nitro groups is 3. The maximum absolute atomic E-state index is 11.3. The van der Waals surface area contributed by atoms with E-state index in [4.69, 9.17) is 66.6 Å². The Bertz CT molecular complexity index is 1640. The molecule has 3 aromatic rings. The number of nitrogens with two attached hydrogens (primary N) is 3. The molecule has 238 valence electrons. The number of hydrogen-bond acceptors (Lipinski definition) is 12. The Morgan fingerprint density at radius 1 is 0.622 bits per heavy atom. The Balaban J connectivity index is 0.000000420. The van der Waals surface area contributed by atoms with E-state index in [-0.39, 0.29) is 57.9 Å². The van der Waals surface area contributed by atoms with Gasteiger partial charge in [-0.15, -0.1) is 0 Å². The minimum atomic E-state index is -0.904. The number of halogens is 3. The van der Waals surface area contributed by atoms with E-state index in [0.717, 1.165) is 36.4 Å². The Labute approximate surface area is 265 Å². The highest BCUT2D eigenvalue weighted by molar-refractivity contribution is 6.35. The zero-order chi connectivity index (χ0) is 34.2. The molecule has 0 spiro atoms. The van der Waals surface area contributed by atoms with Crippen molar-refractivity contribution in [3.05, 3.63) is 98.5 Å². The number of nitro benzene ring substituents is 3. The van der Waals surface area contributed by atoms with Crippen LogP contribution in [0.1, 0.15) is 37.5 Å². The van der Waals surface area contributed by atoms with Crippen LogP contribution in [0.25, 0.3) is 0 Å². The quantitative estimate of drug-likeness (QED) is 0.119. The summed E-state index contributed by atoms with van der Waals surface area (Å²) in [6, 6.07) is 6.06. The van der Waals surface area contributed by atoms with Gasteiger partial charge in [0, 0.05) is 41.3 Å². The van der Waals surface area contributed by atoms with Crippen LogP contribution in [0.3, 0.4) is 0 Å². The standard InChI is InChI=1S/C17H14Cl2N4O8.C7H5ClN2O4/c18-14-10(22(26)27)4-8(16(20)24)6-12(14)30-2-1-3-31-13-7-9(17(21)25)5-11(15(13)19)23(28)29;8-6-4(10(13)14)1-3(7(9)12)2-5(6)11/h4-7H,1-3H2,(H2,20,24)(H2,21,25);1-2,11H,(H2,9,12). The summed E-state index contributed by atoms with van der Waals surface area (Å²) < 4.78 is 10.7. The predicted octanol–water partition coefficient (Wildman–Crippen LogP) is 3.91. The molecule has 0 aliphatic carbocycles. The van der Waals surface area contributed by atoms with Crippen LogP contribution in [-0.2, 0) is 0 Å². The molecule has 0 fully saturated rings. The van der Waals surface area contributed by atoms with Crippen LogP contribution in [-0.4, -0.2) is 50.8 Å². The molecule has 3 aromatic carbocycles. The molecule has 0 saturated carbocycles. The monoisotopic (exact) mass is 688 g/mol. The fourth-order valence-corrected chi connectivity index (χ4v) is 3.86. The molecule has 3 rings (SSSR count). The third kappa shape index (κ3) is 9.26. The summed E-state index contributed by atoms with van der Waals surface area (Å²) in [5, 5.41) is 40.6.